The lowest BCUT2D eigenvalue weighted by atomic mass is 9.98. The lowest BCUT2D eigenvalue weighted by molar-refractivity contribution is -0.114. The van der Waals surface area contributed by atoms with Crippen LogP contribution >= 0.6 is 0 Å². The zero-order valence-electron chi connectivity index (χ0n) is 8.92. The number of Topliss-reactive ketones (excluding diaryl/α,β-unsaturated/α-hetero) is 1. The summed E-state index contributed by atoms with van der Waals surface area (Å²) in [6.45, 7) is 9.41. The normalized spacial score (nSPS) is 24.9. The molecule has 2 nitrogen and oxygen atoms in total. The molecule has 1 aliphatic rings. The smallest absolute Gasteiger partial charge is 0.223 e. The highest BCUT2D eigenvalue weighted by Gasteiger charge is 2.31. The van der Waals surface area contributed by atoms with Gasteiger partial charge < -0.3 is 5.11 Å². The fourth-order valence-corrected chi connectivity index (χ4v) is 1.50. The van der Waals surface area contributed by atoms with Gasteiger partial charge in [-0.05, 0) is 25.8 Å². The Morgan fingerprint density at radius 3 is 2.57 bits per heavy atom. The van der Waals surface area contributed by atoms with E-state index in [-0.39, 0.29) is 17.5 Å². The van der Waals surface area contributed by atoms with Gasteiger partial charge in [0, 0.05) is 11.5 Å². The molecule has 1 unspecified atom stereocenters. The predicted molar refractivity (Wildman–Crippen MR) is 57.0 cm³/mol. The maximum atomic E-state index is 11.5. The lowest BCUT2D eigenvalue weighted by Gasteiger charge is -2.04. The number of carbonyl (C=O) groups excluding carboxylic acids is 1. The monoisotopic (exact) mass is 192 g/mol. The summed E-state index contributed by atoms with van der Waals surface area (Å²) >= 11 is 0. The zero-order valence-corrected chi connectivity index (χ0v) is 8.92. The first-order valence-corrected chi connectivity index (χ1v) is 4.74. The number of ketones is 1. The van der Waals surface area contributed by atoms with E-state index in [2.05, 4.69) is 6.58 Å². The fraction of sp³-hybridized carbons (Fsp3) is 0.417. The minimum atomic E-state index is -0.226. The number of carbonyl (C=O) groups is 1. The Morgan fingerprint density at radius 1 is 1.64 bits per heavy atom. The predicted octanol–water partition coefficient (Wildman–Crippen LogP) is 2.93. The molecular weight excluding hydrogens is 176 g/mol. The summed E-state index contributed by atoms with van der Waals surface area (Å²) in [5.74, 6) is -0.261. The van der Waals surface area contributed by atoms with Crippen LogP contribution in [0.2, 0.25) is 0 Å². The van der Waals surface area contributed by atoms with Gasteiger partial charge in [0.2, 0.25) is 5.78 Å². The SMILES string of the molecule is C=C(C)C/C=C1\C(=O)C(O)=C(C)C1C. The molecule has 0 aromatic rings. The van der Waals surface area contributed by atoms with E-state index in [1.165, 1.54) is 0 Å². The standard InChI is InChI=1S/C12H16O2/c1-7(2)5-6-10-8(3)9(4)11(13)12(10)14/h6,8,13H,1,5H2,2-4H3/b10-6-. The van der Waals surface area contributed by atoms with Gasteiger partial charge in [0.05, 0.1) is 0 Å². The average molecular weight is 192 g/mol. The molecule has 0 saturated heterocycles. The van der Waals surface area contributed by atoms with E-state index < -0.39 is 0 Å². The molecule has 76 valence electrons. The van der Waals surface area contributed by atoms with Crippen molar-refractivity contribution in [3.05, 3.63) is 35.1 Å². The largest absolute Gasteiger partial charge is 0.504 e. The minimum Gasteiger partial charge on any atom is -0.504 e. The summed E-state index contributed by atoms with van der Waals surface area (Å²) in [5, 5.41) is 9.44. The first-order valence-electron chi connectivity index (χ1n) is 4.74. The van der Waals surface area contributed by atoms with Crippen molar-refractivity contribution in [3.8, 4) is 0 Å². The number of hydrogen-bond acceptors (Lipinski definition) is 2. The number of aliphatic hydroxyl groups is 1. The van der Waals surface area contributed by atoms with Crippen molar-refractivity contribution in [1.29, 1.82) is 0 Å². The van der Waals surface area contributed by atoms with Crippen LogP contribution in [0.15, 0.2) is 35.1 Å². The van der Waals surface area contributed by atoms with Crippen LogP contribution in [0.3, 0.4) is 0 Å². The van der Waals surface area contributed by atoms with Crippen molar-refractivity contribution in [2.75, 3.05) is 0 Å². The number of allylic oxidation sites excluding steroid dienone is 4. The Labute approximate surface area is 84.6 Å². The number of rotatable bonds is 2. The number of aliphatic hydroxyl groups excluding tert-OH is 1. The van der Waals surface area contributed by atoms with Gasteiger partial charge >= 0.3 is 0 Å². The van der Waals surface area contributed by atoms with E-state index in [9.17, 15) is 9.90 Å². The van der Waals surface area contributed by atoms with Gasteiger partial charge in [-0.25, -0.2) is 0 Å². The summed E-state index contributed by atoms with van der Waals surface area (Å²) < 4.78 is 0. The van der Waals surface area contributed by atoms with Gasteiger partial charge in [0.25, 0.3) is 0 Å². The van der Waals surface area contributed by atoms with Crippen LogP contribution in [-0.2, 0) is 4.79 Å². The molecule has 0 radical (unpaired) electrons. The van der Waals surface area contributed by atoms with Gasteiger partial charge in [0.15, 0.2) is 5.76 Å². The van der Waals surface area contributed by atoms with E-state index in [0.717, 1.165) is 11.1 Å². The van der Waals surface area contributed by atoms with Gasteiger partial charge in [-0.1, -0.05) is 25.2 Å². The van der Waals surface area contributed by atoms with Crippen LogP contribution in [0.4, 0.5) is 0 Å². The third-order valence-corrected chi connectivity index (χ3v) is 2.64. The van der Waals surface area contributed by atoms with Crippen molar-refractivity contribution < 1.29 is 9.90 Å². The van der Waals surface area contributed by atoms with Crippen LogP contribution in [0.25, 0.3) is 0 Å². The molecule has 0 amide bonds. The summed E-state index contributed by atoms with van der Waals surface area (Å²) in [7, 11) is 0. The molecule has 0 saturated carbocycles. The molecule has 0 aromatic heterocycles. The van der Waals surface area contributed by atoms with Crippen molar-refractivity contribution >= 4 is 5.78 Å². The Morgan fingerprint density at radius 2 is 2.21 bits per heavy atom. The quantitative estimate of drug-likeness (QED) is 0.539. The molecule has 0 spiro atoms. The Hall–Kier alpha value is -1.31. The first-order chi connectivity index (χ1) is 6.45. The molecule has 0 heterocycles. The van der Waals surface area contributed by atoms with Gasteiger partial charge in [0.1, 0.15) is 0 Å². The Bertz CT molecular complexity index is 345. The highest BCUT2D eigenvalue weighted by molar-refractivity contribution is 6.10. The van der Waals surface area contributed by atoms with Gasteiger partial charge in [-0.3, -0.25) is 4.79 Å². The summed E-state index contributed by atoms with van der Waals surface area (Å²) in [6, 6.07) is 0. The zero-order chi connectivity index (χ0) is 10.9. The first kappa shape index (κ1) is 10.8. The Kier molecular flexibility index (Phi) is 2.94. The van der Waals surface area contributed by atoms with E-state index in [4.69, 9.17) is 0 Å². The fourth-order valence-electron chi connectivity index (χ4n) is 1.50. The van der Waals surface area contributed by atoms with E-state index in [1.54, 1.807) is 6.92 Å². The molecule has 0 fully saturated rings. The lowest BCUT2D eigenvalue weighted by Crippen LogP contribution is -2.02. The third-order valence-electron chi connectivity index (χ3n) is 2.64. The van der Waals surface area contributed by atoms with Crippen LogP contribution in [0.5, 0.6) is 0 Å². The highest BCUT2D eigenvalue weighted by Crippen LogP contribution is 2.32. The second-order valence-corrected chi connectivity index (χ2v) is 3.90. The highest BCUT2D eigenvalue weighted by atomic mass is 16.3. The minimum absolute atomic E-state index is 0.0434. The van der Waals surface area contributed by atoms with Crippen LogP contribution < -0.4 is 0 Å². The van der Waals surface area contributed by atoms with E-state index in [1.807, 2.05) is 19.9 Å². The second kappa shape index (κ2) is 3.82. The molecule has 1 rings (SSSR count). The van der Waals surface area contributed by atoms with Crippen LogP contribution in [-0.4, -0.2) is 10.9 Å². The summed E-state index contributed by atoms with van der Waals surface area (Å²) in [6.07, 6.45) is 2.56. The van der Waals surface area contributed by atoms with Crippen LogP contribution in [0.1, 0.15) is 27.2 Å². The average Bonchev–Trinajstić information content (AvgIpc) is 2.29. The van der Waals surface area contributed by atoms with Crippen molar-refractivity contribution in [3.63, 3.8) is 0 Å². The molecule has 0 bridgehead atoms. The second-order valence-electron chi connectivity index (χ2n) is 3.90. The summed E-state index contributed by atoms with van der Waals surface area (Å²) in [4.78, 5) is 11.5. The molecule has 0 aliphatic heterocycles. The van der Waals surface area contributed by atoms with Gasteiger partial charge in [-0.2, -0.15) is 0 Å². The maximum absolute atomic E-state index is 11.5. The third kappa shape index (κ3) is 1.79. The topological polar surface area (TPSA) is 37.3 Å². The van der Waals surface area contributed by atoms with E-state index >= 15 is 0 Å². The number of hydrogen-bond donors (Lipinski definition) is 1. The summed E-state index contributed by atoms with van der Waals surface area (Å²) in [5.41, 5.74) is 2.48. The van der Waals surface area contributed by atoms with Gasteiger partial charge in [-0.15, -0.1) is 0 Å². The molecule has 2 heteroatoms. The molecule has 1 atom stereocenters. The van der Waals surface area contributed by atoms with Crippen molar-refractivity contribution in [2.24, 2.45) is 5.92 Å². The Balaban J connectivity index is 2.91. The molecule has 1 aliphatic carbocycles. The van der Waals surface area contributed by atoms with E-state index in [0.29, 0.717) is 12.0 Å². The van der Waals surface area contributed by atoms with Crippen molar-refractivity contribution in [1.82, 2.24) is 0 Å². The van der Waals surface area contributed by atoms with Crippen molar-refractivity contribution in [2.45, 2.75) is 27.2 Å². The molecular formula is C12H16O2. The maximum Gasteiger partial charge on any atom is 0.223 e. The molecule has 14 heavy (non-hydrogen) atoms. The molecule has 0 aromatic carbocycles. The van der Waals surface area contributed by atoms with Crippen LogP contribution in [0, 0.1) is 5.92 Å². The molecule has 1 N–H and O–H groups in total.